The molecule has 6 nitrogen and oxygen atoms in total. The van der Waals surface area contributed by atoms with Gasteiger partial charge in [0.15, 0.2) is 11.6 Å². The molecule has 1 aliphatic heterocycles. The van der Waals surface area contributed by atoms with Crippen LogP contribution in [0.2, 0.25) is 0 Å². The first-order valence-corrected chi connectivity index (χ1v) is 12.0. The number of benzene rings is 2. The van der Waals surface area contributed by atoms with E-state index in [9.17, 15) is 12.8 Å². The molecule has 1 heterocycles. The minimum atomic E-state index is -3.85. The Morgan fingerprint density at radius 2 is 1.88 bits per heavy atom. The molecule has 2 N–H and O–H groups in total. The van der Waals surface area contributed by atoms with Crippen molar-refractivity contribution >= 4 is 27.1 Å². The fourth-order valence-corrected chi connectivity index (χ4v) is 5.06. The Labute approximate surface area is 187 Å². The highest BCUT2D eigenvalue weighted by atomic mass is 32.2. The van der Waals surface area contributed by atoms with Gasteiger partial charge in [-0.1, -0.05) is 32.1 Å². The van der Waals surface area contributed by atoms with Gasteiger partial charge in [-0.3, -0.25) is 4.72 Å². The standard InChI is InChI=1S/C21H22F2N2O4S.C2H6/c1-13-5-6-15(14(22)11-13)24-20-18(23)16(28-2)12-17-19(20)25-30(26,27)21(8-9-21)7-3-4-10-29-17;1-2/h3-6,11-12,24-25H,7-10H2,1-2H3;1-2H3/b4-3+;. The molecule has 2 aliphatic rings. The highest BCUT2D eigenvalue weighted by Gasteiger charge is 2.54. The lowest BCUT2D eigenvalue weighted by atomic mass is 10.2. The predicted octanol–water partition coefficient (Wildman–Crippen LogP) is 5.66. The summed E-state index contributed by atoms with van der Waals surface area (Å²) in [5.74, 6) is -1.55. The largest absolute Gasteiger partial charge is 0.493 e. The number of fused-ring (bicyclic) bond motifs is 1. The maximum Gasteiger partial charge on any atom is 0.238 e. The van der Waals surface area contributed by atoms with E-state index < -0.39 is 26.4 Å². The van der Waals surface area contributed by atoms with Crippen LogP contribution in [0.15, 0.2) is 36.4 Å². The Morgan fingerprint density at radius 3 is 2.50 bits per heavy atom. The number of allylic oxidation sites excluding steroid dienone is 1. The van der Waals surface area contributed by atoms with Crippen LogP contribution >= 0.6 is 0 Å². The van der Waals surface area contributed by atoms with E-state index in [0.717, 1.165) is 0 Å². The molecule has 174 valence electrons. The molecule has 9 heteroatoms. The number of nitrogens with one attached hydrogen (secondary N) is 2. The highest BCUT2D eigenvalue weighted by molar-refractivity contribution is 7.94. The molecule has 0 unspecified atom stereocenters. The molecule has 1 spiro atoms. The quantitative estimate of drug-likeness (QED) is 0.571. The summed E-state index contributed by atoms with van der Waals surface area (Å²) in [6.45, 7) is 5.89. The van der Waals surface area contributed by atoms with Gasteiger partial charge in [-0.25, -0.2) is 17.2 Å². The highest BCUT2D eigenvalue weighted by Crippen LogP contribution is 2.50. The number of aryl methyl sites for hydroxylation is 1. The van der Waals surface area contributed by atoms with E-state index in [1.165, 1.54) is 25.3 Å². The van der Waals surface area contributed by atoms with Crippen LogP contribution in [-0.2, 0) is 10.0 Å². The Morgan fingerprint density at radius 1 is 1.16 bits per heavy atom. The van der Waals surface area contributed by atoms with E-state index in [2.05, 4.69) is 10.0 Å². The van der Waals surface area contributed by atoms with Gasteiger partial charge in [0.25, 0.3) is 0 Å². The van der Waals surface area contributed by atoms with E-state index >= 15 is 4.39 Å². The fourth-order valence-electron chi connectivity index (χ4n) is 3.42. The summed E-state index contributed by atoms with van der Waals surface area (Å²) in [6.07, 6.45) is 4.87. The molecule has 32 heavy (non-hydrogen) atoms. The van der Waals surface area contributed by atoms with Gasteiger partial charge in [-0.05, 0) is 43.9 Å². The molecule has 1 fully saturated rings. The summed E-state index contributed by atoms with van der Waals surface area (Å²) >= 11 is 0. The molecule has 0 saturated heterocycles. The third kappa shape index (κ3) is 4.53. The average molecular weight is 467 g/mol. The van der Waals surface area contributed by atoms with E-state index in [0.29, 0.717) is 24.8 Å². The number of ether oxygens (including phenoxy) is 2. The monoisotopic (exact) mass is 466 g/mol. The first-order chi connectivity index (χ1) is 15.3. The summed E-state index contributed by atoms with van der Waals surface area (Å²) in [4.78, 5) is 0. The number of sulfonamides is 1. The van der Waals surface area contributed by atoms with Crippen LogP contribution in [0.5, 0.6) is 11.5 Å². The molecule has 1 saturated carbocycles. The van der Waals surface area contributed by atoms with Gasteiger partial charge in [0, 0.05) is 6.07 Å². The third-order valence-electron chi connectivity index (χ3n) is 5.40. The molecular weight excluding hydrogens is 438 g/mol. The maximum absolute atomic E-state index is 15.2. The van der Waals surface area contributed by atoms with Crippen molar-refractivity contribution in [3.05, 3.63) is 53.6 Å². The normalized spacial score (nSPS) is 18.7. The van der Waals surface area contributed by atoms with Crippen LogP contribution in [0.3, 0.4) is 0 Å². The van der Waals surface area contributed by atoms with Crippen LogP contribution < -0.4 is 19.5 Å². The van der Waals surface area contributed by atoms with Crippen molar-refractivity contribution in [2.24, 2.45) is 0 Å². The fraction of sp³-hybridized carbons (Fsp3) is 0.391. The minimum absolute atomic E-state index is 0.00715. The zero-order chi connectivity index (χ0) is 23.5. The molecule has 0 amide bonds. The van der Waals surface area contributed by atoms with Crippen molar-refractivity contribution in [3.63, 3.8) is 0 Å². The van der Waals surface area contributed by atoms with Crippen LogP contribution in [0, 0.1) is 18.6 Å². The van der Waals surface area contributed by atoms with Gasteiger partial charge >= 0.3 is 0 Å². The van der Waals surface area contributed by atoms with Gasteiger partial charge in [-0.15, -0.1) is 0 Å². The summed E-state index contributed by atoms with van der Waals surface area (Å²) < 4.78 is 68.2. The average Bonchev–Trinajstić information content (AvgIpc) is 3.56. The van der Waals surface area contributed by atoms with Gasteiger partial charge in [-0.2, -0.15) is 0 Å². The lowest BCUT2D eigenvalue weighted by Gasteiger charge is -2.23. The SMILES string of the molecule is CC.COc1cc2c(c(Nc3ccc(C)cc3F)c1F)NS(=O)(=O)C1(C/C=C/CO2)CC1. The second-order valence-corrected chi connectivity index (χ2v) is 9.60. The maximum atomic E-state index is 15.2. The number of halogens is 2. The molecule has 0 aromatic heterocycles. The second kappa shape index (κ2) is 9.36. The minimum Gasteiger partial charge on any atom is -0.493 e. The zero-order valence-corrected chi connectivity index (χ0v) is 19.4. The van der Waals surface area contributed by atoms with Crippen LogP contribution in [-0.4, -0.2) is 26.9 Å². The number of hydrogen-bond acceptors (Lipinski definition) is 5. The van der Waals surface area contributed by atoms with E-state index in [1.807, 2.05) is 13.8 Å². The van der Waals surface area contributed by atoms with E-state index in [-0.39, 0.29) is 35.2 Å². The second-order valence-electron chi connectivity index (χ2n) is 7.52. The number of methoxy groups -OCH3 is 1. The number of anilines is 3. The molecule has 0 bridgehead atoms. The molecule has 0 radical (unpaired) electrons. The Hall–Kier alpha value is -2.81. The third-order valence-corrected chi connectivity index (χ3v) is 7.59. The van der Waals surface area contributed by atoms with Crippen LogP contribution in [0.25, 0.3) is 0 Å². The van der Waals surface area contributed by atoms with Crippen molar-refractivity contribution < 1.29 is 26.7 Å². The van der Waals surface area contributed by atoms with Gasteiger partial charge in [0.05, 0.1) is 17.5 Å². The Balaban J connectivity index is 0.00000141. The van der Waals surface area contributed by atoms with Crippen molar-refractivity contribution in [3.8, 4) is 11.5 Å². The van der Waals surface area contributed by atoms with Crippen molar-refractivity contribution in [1.82, 2.24) is 0 Å². The van der Waals surface area contributed by atoms with Crippen LogP contribution in [0.4, 0.5) is 25.8 Å². The zero-order valence-electron chi connectivity index (χ0n) is 18.6. The van der Waals surface area contributed by atoms with Gasteiger partial charge in [0.1, 0.15) is 29.5 Å². The van der Waals surface area contributed by atoms with Crippen LogP contribution in [0.1, 0.15) is 38.7 Å². The molecule has 2 aromatic carbocycles. The lowest BCUT2D eigenvalue weighted by molar-refractivity contribution is 0.352. The first kappa shape index (κ1) is 23.8. The summed E-state index contributed by atoms with van der Waals surface area (Å²) in [6, 6.07) is 5.69. The Kier molecular flexibility index (Phi) is 6.97. The predicted molar refractivity (Wildman–Crippen MR) is 122 cm³/mol. The van der Waals surface area contributed by atoms with Gasteiger partial charge < -0.3 is 14.8 Å². The number of rotatable bonds is 3. The van der Waals surface area contributed by atoms with Gasteiger partial charge in [0.2, 0.25) is 10.0 Å². The summed E-state index contributed by atoms with van der Waals surface area (Å²) in [7, 11) is -2.57. The topological polar surface area (TPSA) is 76.7 Å². The molecule has 0 atom stereocenters. The molecule has 2 aromatic rings. The summed E-state index contributed by atoms with van der Waals surface area (Å²) in [5, 5.41) is 2.69. The van der Waals surface area contributed by atoms with E-state index in [4.69, 9.17) is 9.47 Å². The lowest BCUT2D eigenvalue weighted by Crippen LogP contribution is -2.30. The molecule has 1 aliphatic carbocycles. The first-order valence-electron chi connectivity index (χ1n) is 10.5. The molecule has 4 rings (SSSR count). The van der Waals surface area contributed by atoms with Crippen molar-refractivity contribution in [2.45, 2.75) is 44.8 Å². The molecular formula is C23H28F2N2O4S. The van der Waals surface area contributed by atoms with E-state index in [1.54, 1.807) is 25.1 Å². The van der Waals surface area contributed by atoms with Crippen molar-refractivity contribution in [2.75, 3.05) is 23.8 Å². The Bertz CT molecular complexity index is 1130. The smallest absolute Gasteiger partial charge is 0.238 e. The van der Waals surface area contributed by atoms with Crippen molar-refractivity contribution in [1.29, 1.82) is 0 Å². The number of hydrogen-bond donors (Lipinski definition) is 2. The summed E-state index contributed by atoms with van der Waals surface area (Å²) in [5.41, 5.74) is 0.303.